The van der Waals surface area contributed by atoms with E-state index in [9.17, 15) is 8.78 Å². The number of nitrogens with one attached hydrogen (secondary N) is 2. The zero-order chi connectivity index (χ0) is 26.6. The van der Waals surface area contributed by atoms with Crippen molar-refractivity contribution in [2.45, 2.75) is 18.9 Å². The molecule has 0 saturated carbocycles. The minimum atomic E-state index is -2.62. The number of aromatic nitrogens is 6. The van der Waals surface area contributed by atoms with E-state index in [4.69, 9.17) is 4.98 Å². The van der Waals surface area contributed by atoms with Crippen molar-refractivity contribution in [3.8, 4) is 22.6 Å². The SMILES string of the molecule is CN1C=CC(c2cccc3[nH]c(-c4[nH]nc5ncc(-c6cncc(CN7CCC(F)(F)C7)c6)cc45)nc23)=CC1. The molecule has 1 fully saturated rings. The lowest BCUT2D eigenvalue weighted by molar-refractivity contribution is 0.0115. The number of allylic oxidation sites excluding steroid dienone is 2. The molecule has 2 N–H and O–H groups in total. The van der Waals surface area contributed by atoms with Crippen LogP contribution in [0.15, 0.2) is 67.3 Å². The number of halogens is 2. The summed E-state index contributed by atoms with van der Waals surface area (Å²) in [5.74, 6) is -1.94. The molecule has 2 aliphatic heterocycles. The van der Waals surface area contributed by atoms with Gasteiger partial charge in [0.1, 0.15) is 5.69 Å². The first kappa shape index (κ1) is 23.7. The molecule has 10 heteroatoms. The van der Waals surface area contributed by atoms with Crippen LogP contribution in [0.2, 0.25) is 0 Å². The highest BCUT2D eigenvalue weighted by Crippen LogP contribution is 2.33. The standard InChI is InChI=1S/C29H26F2N8/c1-38-8-5-19(6-9-38)22-3-2-4-24-25(22)35-28(34-24)26-23-12-21(15-33-27(23)37-36-26)20-11-18(13-32-14-20)16-39-10-7-29(30,31)17-39/h2-6,8,11-15H,7,9-10,16-17H2,1H3,(H,34,35)(H,33,36,37). The molecule has 6 heterocycles. The second-order valence-electron chi connectivity index (χ2n) is 10.3. The topological polar surface area (TPSA) is 89.6 Å². The van der Waals surface area contributed by atoms with Crippen LogP contribution in [0.3, 0.4) is 0 Å². The van der Waals surface area contributed by atoms with Crippen LogP contribution in [0.4, 0.5) is 8.78 Å². The fourth-order valence-corrected chi connectivity index (χ4v) is 5.33. The van der Waals surface area contributed by atoms with Crippen molar-refractivity contribution in [3.63, 3.8) is 0 Å². The summed E-state index contributed by atoms with van der Waals surface area (Å²) in [4.78, 5) is 21.2. The quantitative estimate of drug-likeness (QED) is 0.327. The number of benzene rings is 1. The first-order valence-corrected chi connectivity index (χ1v) is 12.9. The zero-order valence-electron chi connectivity index (χ0n) is 21.3. The smallest absolute Gasteiger partial charge is 0.261 e. The Balaban J connectivity index is 1.23. The summed E-state index contributed by atoms with van der Waals surface area (Å²) in [6, 6.07) is 10.1. The van der Waals surface area contributed by atoms with E-state index < -0.39 is 5.92 Å². The highest BCUT2D eigenvalue weighted by atomic mass is 19.3. The molecule has 1 aromatic carbocycles. The van der Waals surface area contributed by atoms with E-state index in [0.717, 1.165) is 56.5 Å². The summed E-state index contributed by atoms with van der Waals surface area (Å²) in [6.45, 7) is 1.45. The zero-order valence-corrected chi connectivity index (χ0v) is 21.3. The van der Waals surface area contributed by atoms with Crippen molar-refractivity contribution in [1.82, 2.24) is 39.9 Å². The van der Waals surface area contributed by atoms with Crippen LogP contribution in [-0.2, 0) is 6.54 Å². The third kappa shape index (κ3) is 4.46. The van der Waals surface area contributed by atoms with E-state index in [1.807, 2.05) is 31.3 Å². The normalized spacial score (nSPS) is 17.4. The number of para-hydroxylation sites is 1. The summed E-state index contributed by atoms with van der Waals surface area (Å²) < 4.78 is 27.3. The molecule has 0 radical (unpaired) electrons. The maximum atomic E-state index is 13.6. The van der Waals surface area contributed by atoms with Gasteiger partial charge in [0, 0.05) is 68.4 Å². The number of imidazole rings is 1. The summed E-state index contributed by atoms with van der Waals surface area (Å²) in [7, 11) is 2.05. The van der Waals surface area contributed by atoms with Crippen LogP contribution in [0.5, 0.6) is 0 Å². The molecule has 0 spiro atoms. The maximum Gasteiger partial charge on any atom is 0.261 e. The van der Waals surface area contributed by atoms with Gasteiger partial charge in [0.25, 0.3) is 5.92 Å². The number of fused-ring (bicyclic) bond motifs is 2. The Hall–Kier alpha value is -4.44. The van der Waals surface area contributed by atoms with Gasteiger partial charge in [-0.2, -0.15) is 5.10 Å². The van der Waals surface area contributed by atoms with Gasteiger partial charge in [0.2, 0.25) is 0 Å². The molecule has 8 nitrogen and oxygen atoms in total. The van der Waals surface area contributed by atoms with E-state index >= 15 is 0 Å². The maximum absolute atomic E-state index is 13.6. The van der Waals surface area contributed by atoms with Gasteiger partial charge in [-0.3, -0.25) is 15.0 Å². The van der Waals surface area contributed by atoms with Gasteiger partial charge >= 0.3 is 0 Å². The molecular formula is C29H26F2N8. The molecule has 0 aliphatic carbocycles. The van der Waals surface area contributed by atoms with Gasteiger partial charge in [0.05, 0.1) is 23.0 Å². The number of rotatable bonds is 5. The average molecular weight is 525 g/mol. The first-order valence-electron chi connectivity index (χ1n) is 12.9. The van der Waals surface area contributed by atoms with Gasteiger partial charge in [-0.25, -0.2) is 18.7 Å². The molecule has 0 unspecified atom stereocenters. The number of likely N-dealkylation sites (tertiary alicyclic amines) is 1. The van der Waals surface area contributed by atoms with Crippen LogP contribution in [0.1, 0.15) is 17.5 Å². The number of H-pyrrole nitrogens is 2. The number of likely N-dealkylation sites (N-methyl/N-ethyl adjacent to an activating group) is 1. The molecule has 0 bridgehead atoms. The number of nitrogens with zero attached hydrogens (tertiary/aromatic N) is 6. The van der Waals surface area contributed by atoms with E-state index in [2.05, 4.69) is 54.5 Å². The second kappa shape index (κ2) is 9.09. The van der Waals surface area contributed by atoms with Crippen LogP contribution >= 0.6 is 0 Å². The predicted molar refractivity (Wildman–Crippen MR) is 147 cm³/mol. The largest absolute Gasteiger partial charge is 0.377 e. The van der Waals surface area contributed by atoms with E-state index in [1.165, 1.54) is 0 Å². The number of pyridine rings is 2. The van der Waals surface area contributed by atoms with Crippen molar-refractivity contribution < 1.29 is 8.78 Å². The predicted octanol–water partition coefficient (Wildman–Crippen LogP) is 5.25. The van der Waals surface area contributed by atoms with Crippen LogP contribution < -0.4 is 0 Å². The summed E-state index contributed by atoms with van der Waals surface area (Å²) in [5.41, 5.74) is 7.99. The van der Waals surface area contributed by atoms with Crippen molar-refractivity contribution >= 4 is 27.6 Å². The molecule has 0 amide bonds. The number of hydrogen-bond acceptors (Lipinski definition) is 6. The minimum absolute atomic E-state index is 0.0983. The van der Waals surface area contributed by atoms with Gasteiger partial charge in [-0.15, -0.1) is 0 Å². The third-order valence-corrected chi connectivity index (χ3v) is 7.36. The van der Waals surface area contributed by atoms with Gasteiger partial charge in [-0.1, -0.05) is 18.2 Å². The Bertz CT molecular complexity index is 1770. The van der Waals surface area contributed by atoms with Crippen molar-refractivity contribution in [1.29, 1.82) is 0 Å². The minimum Gasteiger partial charge on any atom is -0.377 e. The molecule has 2 aliphatic rings. The van der Waals surface area contributed by atoms with Crippen LogP contribution in [0, 0.1) is 0 Å². The van der Waals surface area contributed by atoms with Gasteiger partial charge in [-0.05, 0) is 41.6 Å². The Morgan fingerprint density at radius 2 is 2.00 bits per heavy atom. The monoisotopic (exact) mass is 524 g/mol. The molecule has 4 aromatic heterocycles. The molecule has 1 saturated heterocycles. The second-order valence-corrected chi connectivity index (χ2v) is 10.3. The molecule has 7 rings (SSSR count). The van der Waals surface area contributed by atoms with E-state index in [-0.39, 0.29) is 13.0 Å². The lowest BCUT2D eigenvalue weighted by Crippen LogP contribution is -2.24. The molecule has 0 atom stereocenters. The molecule has 5 aromatic rings. The summed E-state index contributed by atoms with van der Waals surface area (Å²) in [6.07, 6.45) is 11.5. The average Bonchev–Trinajstić information content (AvgIpc) is 3.64. The molecule has 196 valence electrons. The molecule has 39 heavy (non-hydrogen) atoms. The van der Waals surface area contributed by atoms with E-state index in [1.54, 1.807) is 23.5 Å². The Morgan fingerprint density at radius 1 is 1.10 bits per heavy atom. The Kier molecular flexibility index (Phi) is 5.52. The number of aromatic amines is 2. The number of alkyl halides is 2. The Labute approximate surface area is 223 Å². The van der Waals surface area contributed by atoms with Crippen molar-refractivity contribution in [2.24, 2.45) is 0 Å². The number of hydrogen-bond donors (Lipinski definition) is 2. The van der Waals surface area contributed by atoms with Gasteiger partial charge < -0.3 is 9.88 Å². The summed E-state index contributed by atoms with van der Waals surface area (Å²) >= 11 is 0. The Morgan fingerprint density at radius 3 is 2.82 bits per heavy atom. The fourth-order valence-electron chi connectivity index (χ4n) is 5.33. The first-order chi connectivity index (χ1) is 18.9. The van der Waals surface area contributed by atoms with Crippen molar-refractivity contribution in [2.75, 3.05) is 26.7 Å². The van der Waals surface area contributed by atoms with Gasteiger partial charge in [0.15, 0.2) is 11.5 Å². The molecular weight excluding hydrogens is 498 g/mol. The van der Waals surface area contributed by atoms with Crippen molar-refractivity contribution in [3.05, 3.63) is 78.4 Å². The van der Waals surface area contributed by atoms with Crippen LogP contribution in [-0.4, -0.2) is 72.5 Å². The van der Waals surface area contributed by atoms with Crippen LogP contribution in [0.25, 0.3) is 50.3 Å². The summed E-state index contributed by atoms with van der Waals surface area (Å²) in [5, 5.41) is 8.34. The lowest BCUT2D eigenvalue weighted by Gasteiger charge is -2.17. The highest BCUT2D eigenvalue weighted by molar-refractivity contribution is 5.97. The third-order valence-electron chi connectivity index (χ3n) is 7.36. The fraction of sp³-hybridized carbons (Fsp3) is 0.241. The highest BCUT2D eigenvalue weighted by Gasteiger charge is 2.37. The van der Waals surface area contributed by atoms with E-state index in [0.29, 0.717) is 24.6 Å². The lowest BCUT2D eigenvalue weighted by atomic mass is 10.0.